The van der Waals surface area contributed by atoms with Crippen LogP contribution in [0.25, 0.3) is 0 Å². The highest BCUT2D eigenvalue weighted by Crippen LogP contribution is 2.12. The summed E-state index contributed by atoms with van der Waals surface area (Å²) in [4.78, 5) is 29.1. The zero-order valence-corrected chi connectivity index (χ0v) is 10.4. The van der Waals surface area contributed by atoms with Gasteiger partial charge in [0.05, 0.1) is 0 Å². The average Bonchev–Trinajstić information content (AvgIpc) is 2.45. The van der Waals surface area contributed by atoms with Crippen LogP contribution in [0.3, 0.4) is 0 Å². The fourth-order valence-corrected chi connectivity index (χ4v) is 1.61. The molecular weight excluding hydrogens is 262 g/mol. The van der Waals surface area contributed by atoms with Gasteiger partial charge in [-0.1, -0.05) is 6.07 Å². The molecule has 2 aromatic rings. The Bertz CT molecular complexity index is 668. The van der Waals surface area contributed by atoms with Gasteiger partial charge < -0.3 is 20.5 Å². The molecule has 0 saturated carbocycles. The van der Waals surface area contributed by atoms with E-state index >= 15 is 0 Å². The lowest BCUT2D eigenvalue weighted by Crippen LogP contribution is -2.29. The smallest absolute Gasteiger partial charge is 0.273 e. The highest BCUT2D eigenvalue weighted by molar-refractivity contribution is 5.94. The first kappa shape index (κ1) is 13.8. The van der Waals surface area contributed by atoms with Gasteiger partial charge in [0.2, 0.25) is 5.56 Å². The van der Waals surface area contributed by atoms with E-state index in [2.05, 4.69) is 15.3 Å². The Labute approximate surface area is 113 Å². The molecule has 0 aliphatic carbocycles. The van der Waals surface area contributed by atoms with Gasteiger partial charge in [-0.3, -0.25) is 9.59 Å². The molecule has 0 aliphatic rings. The second-order valence-electron chi connectivity index (χ2n) is 4.07. The number of pyridine rings is 2. The van der Waals surface area contributed by atoms with Crippen LogP contribution in [0.1, 0.15) is 22.3 Å². The molecule has 1 atom stereocenters. The van der Waals surface area contributed by atoms with Crippen LogP contribution >= 0.6 is 0 Å². The van der Waals surface area contributed by atoms with Crippen LogP contribution in [-0.2, 0) is 0 Å². The predicted molar refractivity (Wildman–Crippen MR) is 70.3 cm³/mol. The van der Waals surface area contributed by atoms with Crippen LogP contribution in [0.4, 0.5) is 0 Å². The van der Waals surface area contributed by atoms with E-state index in [9.17, 15) is 19.8 Å². The molecule has 1 unspecified atom stereocenters. The highest BCUT2D eigenvalue weighted by Gasteiger charge is 2.14. The number of aromatic hydroxyl groups is 1. The number of rotatable bonds is 4. The molecule has 2 rings (SSSR count). The van der Waals surface area contributed by atoms with Gasteiger partial charge in [0, 0.05) is 24.5 Å². The van der Waals surface area contributed by atoms with Crippen molar-refractivity contribution in [2.24, 2.45) is 0 Å². The highest BCUT2D eigenvalue weighted by atomic mass is 16.3. The summed E-state index contributed by atoms with van der Waals surface area (Å²) in [6.45, 7) is -0.116. The van der Waals surface area contributed by atoms with Gasteiger partial charge in [-0.2, -0.15) is 0 Å². The van der Waals surface area contributed by atoms with E-state index in [0.29, 0.717) is 5.69 Å². The molecule has 0 fully saturated rings. The Balaban J connectivity index is 2.00. The van der Waals surface area contributed by atoms with E-state index < -0.39 is 12.0 Å². The molecule has 0 bridgehead atoms. The first-order chi connectivity index (χ1) is 9.58. The third-order valence-corrected chi connectivity index (χ3v) is 2.61. The summed E-state index contributed by atoms with van der Waals surface area (Å²) in [5.74, 6) is -0.854. The van der Waals surface area contributed by atoms with Gasteiger partial charge in [-0.25, -0.2) is 4.98 Å². The number of carbonyl (C=O) groups excluding carboxylic acids is 1. The Morgan fingerprint density at radius 2 is 2.15 bits per heavy atom. The molecule has 0 spiro atoms. The van der Waals surface area contributed by atoms with Crippen LogP contribution in [0.2, 0.25) is 0 Å². The van der Waals surface area contributed by atoms with E-state index in [1.54, 1.807) is 0 Å². The standard InChI is InChI=1S/C13H13N3O4/c17-9-4-2-6-14-12(9)13(20)15-7-10(18)8-3-1-5-11(19)16-8/h1-6,10,17-18H,7H2,(H,15,20)(H,16,19). The van der Waals surface area contributed by atoms with Crippen molar-refractivity contribution in [2.75, 3.05) is 6.54 Å². The minimum atomic E-state index is -1.06. The van der Waals surface area contributed by atoms with Gasteiger partial charge in [0.25, 0.3) is 5.91 Å². The summed E-state index contributed by atoms with van der Waals surface area (Å²) in [5, 5.41) is 21.7. The quantitative estimate of drug-likeness (QED) is 0.624. The van der Waals surface area contributed by atoms with Crippen LogP contribution in [0.15, 0.2) is 41.3 Å². The molecule has 7 nitrogen and oxygen atoms in total. The molecule has 2 aromatic heterocycles. The van der Waals surface area contributed by atoms with Crippen molar-refractivity contribution < 1.29 is 15.0 Å². The van der Waals surface area contributed by atoms with Crippen molar-refractivity contribution in [1.82, 2.24) is 15.3 Å². The monoisotopic (exact) mass is 275 g/mol. The van der Waals surface area contributed by atoms with Crippen molar-refractivity contribution in [3.05, 3.63) is 58.3 Å². The second-order valence-corrected chi connectivity index (χ2v) is 4.07. The van der Waals surface area contributed by atoms with Gasteiger partial charge in [-0.05, 0) is 18.2 Å². The number of hydrogen-bond donors (Lipinski definition) is 4. The summed E-state index contributed by atoms with van der Waals surface area (Å²) in [5.41, 5.74) is -0.167. The van der Waals surface area contributed by atoms with Crippen LogP contribution < -0.4 is 10.9 Å². The number of aliphatic hydroxyl groups is 1. The predicted octanol–water partition coefficient (Wildman–Crippen LogP) is -0.0611. The molecule has 104 valence electrons. The van der Waals surface area contributed by atoms with E-state index in [0.717, 1.165) is 0 Å². The lowest BCUT2D eigenvalue weighted by molar-refractivity contribution is 0.0906. The SMILES string of the molecule is O=C(NCC(O)c1cccc(=O)[nH]1)c1ncccc1O. The molecule has 0 aliphatic heterocycles. The maximum absolute atomic E-state index is 11.8. The molecule has 7 heteroatoms. The van der Waals surface area contributed by atoms with Crippen LogP contribution in [0, 0.1) is 0 Å². The normalized spacial score (nSPS) is 11.8. The largest absolute Gasteiger partial charge is 0.505 e. The molecule has 20 heavy (non-hydrogen) atoms. The molecular formula is C13H13N3O4. The minimum Gasteiger partial charge on any atom is -0.505 e. The number of hydrogen-bond acceptors (Lipinski definition) is 5. The number of aromatic nitrogens is 2. The van der Waals surface area contributed by atoms with Gasteiger partial charge in [0.1, 0.15) is 11.9 Å². The first-order valence-corrected chi connectivity index (χ1v) is 5.87. The maximum Gasteiger partial charge on any atom is 0.273 e. The van der Waals surface area contributed by atoms with Crippen molar-refractivity contribution in [1.29, 1.82) is 0 Å². The van der Waals surface area contributed by atoms with E-state index in [1.165, 1.54) is 36.5 Å². The van der Waals surface area contributed by atoms with Crippen molar-refractivity contribution in [3.8, 4) is 5.75 Å². The van der Waals surface area contributed by atoms with Crippen LogP contribution in [0.5, 0.6) is 5.75 Å². The molecule has 0 radical (unpaired) electrons. The molecule has 0 saturated heterocycles. The second kappa shape index (κ2) is 5.98. The van der Waals surface area contributed by atoms with E-state index in [4.69, 9.17) is 0 Å². The fourth-order valence-electron chi connectivity index (χ4n) is 1.61. The van der Waals surface area contributed by atoms with Crippen molar-refractivity contribution >= 4 is 5.91 Å². The lowest BCUT2D eigenvalue weighted by Gasteiger charge is -2.11. The summed E-state index contributed by atoms with van der Waals surface area (Å²) in [6.07, 6.45) is 0.318. The average molecular weight is 275 g/mol. The van der Waals surface area contributed by atoms with Gasteiger partial charge >= 0.3 is 0 Å². The third kappa shape index (κ3) is 3.21. The first-order valence-electron chi connectivity index (χ1n) is 5.87. The summed E-state index contributed by atoms with van der Waals surface area (Å²) in [7, 11) is 0. The van der Waals surface area contributed by atoms with Gasteiger partial charge in [-0.15, -0.1) is 0 Å². The van der Waals surface area contributed by atoms with E-state index in [-0.39, 0.29) is 23.5 Å². The number of aliphatic hydroxyl groups excluding tert-OH is 1. The summed E-state index contributed by atoms with van der Waals surface area (Å²) in [6, 6.07) is 7.20. The van der Waals surface area contributed by atoms with Crippen molar-refractivity contribution in [2.45, 2.75) is 6.10 Å². The third-order valence-electron chi connectivity index (χ3n) is 2.61. The molecule has 0 aromatic carbocycles. The summed E-state index contributed by atoms with van der Waals surface area (Å²) >= 11 is 0. The number of nitrogens with zero attached hydrogens (tertiary/aromatic N) is 1. The zero-order valence-electron chi connectivity index (χ0n) is 10.4. The minimum absolute atomic E-state index is 0.116. The number of aromatic amines is 1. The zero-order chi connectivity index (χ0) is 14.5. The van der Waals surface area contributed by atoms with Crippen molar-refractivity contribution in [3.63, 3.8) is 0 Å². The van der Waals surface area contributed by atoms with Gasteiger partial charge in [0.15, 0.2) is 5.69 Å². The number of nitrogens with one attached hydrogen (secondary N) is 2. The fraction of sp³-hybridized carbons (Fsp3) is 0.154. The van der Waals surface area contributed by atoms with Crippen LogP contribution in [-0.4, -0.2) is 32.6 Å². The molecule has 2 heterocycles. The topological polar surface area (TPSA) is 115 Å². The number of carbonyl (C=O) groups is 1. The Morgan fingerprint density at radius 1 is 1.35 bits per heavy atom. The number of amides is 1. The molecule has 1 amide bonds. The Morgan fingerprint density at radius 3 is 2.85 bits per heavy atom. The van der Waals surface area contributed by atoms with E-state index in [1.807, 2.05) is 0 Å². The Kier molecular flexibility index (Phi) is 4.11. The maximum atomic E-state index is 11.8. The Hall–Kier alpha value is -2.67. The lowest BCUT2D eigenvalue weighted by atomic mass is 10.2. The summed E-state index contributed by atoms with van der Waals surface area (Å²) < 4.78 is 0. The molecule has 4 N–H and O–H groups in total. The number of H-pyrrole nitrogens is 1.